The predicted octanol–water partition coefficient (Wildman–Crippen LogP) is 1.17. The van der Waals surface area contributed by atoms with E-state index in [0.717, 1.165) is 32.7 Å². The molecular formula is C14H29N3O. The van der Waals surface area contributed by atoms with Gasteiger partial charge in [0, 0.05) is 45.2 Å². The van der Waals surface area contributed by atoms with E-state index in [-0.39, 0.29) is 5.41 Å². The minimum absolute atomic E-state index is 0.257. The van der Waals surface area contributed by atoms with Crippen LogP contribution >= 0.6 is 0 Å². The Morgan fingerprint density at radius 1 is 1.33 bits per heavy atom. The van der Waals surface area contributed by atoms with E-state index < -0.39 is 0 Å². The second-order valence-corrected chi connectivity index (χ2v) is 6.40. The molecule has 1 aliphatic heterocycles. The number of nitrogens with one attached hydrogen (secondary N) is 1. The van der Waals surface area contributed by atoms with E-state index >= 15 is 0 Å². The SMILES string of the molecule is CC(N(C)CCC(=O)N1CCNCC1)C(C)(C)C. The summed E-state index contributed by atoms with van der Waals surface area (Å²) in [5.41, 5.74) is 0.257. The number of nitrogens with zero attached hydrogens (tertiary/aromatic N) is 2. The Hall–Kier alpha value is -0.610. The summed E-state index contributed by atoms with van der Waals surface area (Å²) >= 11 is 0. The lowest BCUT2D eigenvalue weighted by molar-refractivity contribution is -0.132. The summed E-state index contributed by atoms with van der Waals surface area (Å²) in [6.45, 7) is 13.4. The minimum atomic E-state index is 0.257. The van der Waals surface area contributed by atoms with E-state index in [9.17, 15) is 4.79 Å². The molecule has 4 heteroatoms. The van der Waals surface area contributed by atoms with Gasteiger partial charge in [0.15, 0.2) is 0 Å². The lowest BCUT2D eigenvalue weighted by atomic mass is 9.87. The van der Waals surface area contributed by atoms with E-state index in [4.69, 9.17) is 0 Å². The van der Waals surface area contributed by atoms with Crippen LogP contribution in [-0.2, 0) is 4.79 Å². The largest absolute Gasteiger partial charge is 0.340 e. The van der Waals surface area contributed by atoms with Crippen molar-refractivity contribution in [3.05, 3.63) is 0 Å². The first-order valence-corrected chi connectivity index (χ1v) is 7.01. The van der Waals surface area contributed by atoms with Crippen molar-refractivity contribution >= 4 is 5.91 Å². The lowest BCUT2D eigenvalue weighted by Crippen LogP contribution is -2.47. The molecule has 0 bridgehead atoms. The molecule has 0 spiro atoms. The molecule has 1 N–H and O–H groups in total. The standard InChI is InChI=1S/C14H29N3O/c1-12(14(2,3)4)16(5)9-6-13(18)17-10-7-15-8-11-17/h12,15H,6-11H2,1-5H3. The molecule has 1 aliphatic rings. The Morgan fingerprint density at radius 3 is 2.39 bits per heavy atom. The molecule has 4 nitrogen and oxygen atoms in total. The van der Waals surface area contributed by atoms with E-state index in [2.05, 4.69) is 45.0 Å². The Kier molecular flexibility index (Phi) is 5.60. The number of carbonyl (C=O) groups excluding carboxylic acids is 1. The lowest BCUT2D eigenvalue weighted by Gasteiger charge is -2.36. The summed E-state index contributed by atoms with van der Waals surface area (Å²) in [6, 6.07) is 0.480. The van der Waals surface area contributed by atoms with Gasteiger partial charge in [0.2, 0.25) is 5.91 Å². The van der Waals surface area contributed by atoms with Gasteiger partial charge in [-0.15, -0.1) is 0 Å². The Morgan fingerprint density at radius 2 is 1.89 bits per heavy atom. The van der Waals surface area contributed by atoms with Crippen LogP contribution in [-0.4, -0.2) is 61.5 Å². The Bertz CT molecular complexity index is 267. The van der Waals surface area contributed by atoms with E-state index in [1.54, 1.807) is 0 Å². The highest BCUT2D eigenvalue weighted by atomic mass is 16.2. The topological polar surface area (TPSA) is 35.6 Å². The van der Waals surface area contributed by atoms with Crippen molar-refractivity contribution in [2.24, 2.45) is 5.41 Å². The molecule has 1 unspecified atom stereocenters. The molecule has 1 atom stereocenters. The van der Waals surface area contributed by atoms with Gasteiger partial charge in [-0.3, -0.25) is 4.79 Å². The molecule has 0 aliphatic carbocycles. The number of hydrogen-bond acceptors (Lipinski definition) is 3. The van der Waals surface area contributed by atoms with Crippen molar-refractivity contribution in [1.29, 1.82) is 0 Å². The van der Waals surface area contributed by atoms with Crippen LogP contribution in [0.15, 0.2) is 0 Å². The fourth-order valence-corrected chi connectivity index (χ4v) is 2.20. The van der Waals surface area contributed by atoms with Crippen LogP contribution < -0.4 is 5.32 Å². The zero-order valence-corrected chi connectivity index (χ0v) is 12.6. The molecule has 1 heterocycles. The van der Waals surface area contributed by atoms with Crippen LogP contribution in [0.4, 0.5) is 0 Å². The van der Waals surface area contributed by atoms with Gasteiger partial charge in [-0.05, 0) is 19.4 Å². The highest BCUT2D eigenvalue weighted by molar-refractivity contribution is 5.76. The number of carbonyl (C=O) groups is 1. The minimum Gasteiger partial charge on any atom is -0.340 e. The molecule has 0 aromatic heterocycles. The fraction of sp³-hybridized carbons (Fsp3) is 0.929. The Balaban J connectivity index is 2.33. The number of hydrogen-bond donors (Lipinski definition) is 1. The van der Waals surface area contributed by atoms with Crippen molar-refractivity contribution in [3.8, 4) is 0 Å². The summed E-state index contributed by atoms with van der Waals surface area (Å²) in [5, 5.41) is 3.27. The van der Waals surface area contributed by atoms with Gasteiger partial charge in [0.05, 0.1) is 0 Å². The number of piperazine rings is 1. The van der Waals surface area contributed by atoms with Crippen molar-refractivity contribution in [3.63, 3.8) is 0 Å². The van der Waals surface area contributed by atoms with Crippen LogP contribution in [0.5, 0.6) is 0 Å². The van der Waals surface area contributed by atoms with Crippen LogP contribution in [0, 0.1) is 5.41 Å². The highest BCUT2D eigenvalue weighted by Gasteiger charge is 2.24. The molecule has 0 saturated carbocycles. The third-order valence-corrected chi connectivity index (χ3v) is 4.06. The van der Waals surface area contributed by atoms with E-state index in [1.807, 2.05) is 4.90 Å². The molecule has 1 saturated heterocycles. The van der Waals surface area contributed by atoms with Crippen molar-refractivity contribution in [2.45, 2.75) is 40.2 Å². The van der Waals surface area contributed by atoms with Crippen molar-refractivity contribution in [1.82, 2.24) is 15.1 Å². The second-order valence-electron chi connectivity index (χ2n) is 6.40. The maximum Gasteiger partial charge on any atom is 0.223 e. The number of amides is 1. The molecule has 0 aromatic carbocycles. The monoisotopic (exact) mass is 255 g/mol. The van der Waals surface area contributed by atoms with Gasteiger partial charge < -0.3 is 15.1 Å². The highest BCUT2D eigenvalue weighted by Crippen LogP contribution is 2.22. The van der Waals surface area contributed by atoms with Gasteiger partial charge in [-0.25, -0.2) is 0 Å². The third-order valence-electron chi connectivity index (χ3n) is 4.06. The van der Waals surface area contributed by atoms with Crippen molar-refractivity contribution in [2.75, 3.05) is 39.8 Å². The molecule has 0 radical (unpaired) electrons. The Labute approximate surface area is 112 Å². The molecule has 1 rings (SSSR count). The predicted molar refractivity (Wildman–Crippen MR) is 75.6 cm³/mol. The molecule has 1 fully saturated rings. The quantitative estimate of drug-likeness (QED) is 0.819. The van der Waals surface area contributed by atoms with Gasteiger partial charge >= 0.3 is 0 Å². The average molecular weight is 255 g/mol. The summed E-state index contributed by atoms with van der Waals surface area (Å²) in [5.74, 6) is 0.296. The van der Waals surface area contributed by atoms with Gasteiger partial charge in [0.25, 0.3) is 0 Å². The summed E-state index contributed by atoms with van der Waals surface area (Å²) < 4.78 is 0. The molecular weight excluding hydrogens is 226 g/mol. The van der Waals surface area contributed by atoms with Crippen molar-refractivity contribution < 1.29 is 4.79 Å². The summed E-state index contributed by atoms with van der Waals surface area (Å²) in [6.07, 6.45) is 0.636. The maximum atomic E-state index is 12.0. The number of rotatable bonds is 4. The molecule has 106 valence electrons. The van der Waals surface area contributed by atoms with Crippen LogP contribution in [0.3, 0.4) is 0 Å². The first-order valence-electron chi connectivity index (χ1n) is 7.01. The van der Waals surface area contributed by atoms with E-state index in [1.165, 1.54) is 0 Å². The summed E-state index contributed by atoms with van der Waals surface area (Å²) in [7, 11) is 2.11. The second kappa shape index (κ2) is 6.53. The van der Waals surface area contributed by atoms with E-state index in [0.29, 0.717) is 18.4 Å². The fourth-order valence-electron chi connectivity index (χ4n) is 2.20. The third kappa shape index (κ3) is 4.58. The zero-order chi connectivity index (χ0) is 13.8. The van der Waals surface area contributed by atoms with Crippen LogP contribution in [0.2, 0.25) is 0 Å². The van der Waals surface area contributed by atoms with Gasteiger partial charge in [-0.1, -0.05) is 20.8 Å². The normalized spacial score (nSPS) is 19.1. The maximum absolute atomic E-state index is 12.0. The molecule has 0 aromatic rings. The van der Waals surface area contributed by atoms with Crippen LogP contribution in [0.25, 0.3) is 0 Å². The first kappa shape index (κ1) is 15.4. The van der Waals surface area contributed by atoms with Crippen LogP contribution in [0.1, 0.15) is 34.1 Å². The first-order chi connectivity index (χ1) is 8.32. The molecule has 1 amide bonds. The zero-order valence-electron chi connectivity index (χ0n) is 12.6. The average Bonchev–Trinajstić information content (AvgIpc) is 2.34. The van der Waals surface area contributed by atoms with Gasteiger partial charge in [0.1, 0.15) is 0 Å². The molecule has 18 heavy (non-hydrogen) atoms. The smallest absolute Gasteiger partial charge is 0.223 e. The summed E-state index contributed by atoms with van der Waals surface area (Å²) in [4.78, 5) is 16.3. The van der Waals surface area contributed by atoms with Gasteiger partial charge in [-0.2, -0.15) is 0 Å².